The Balaban J connectivity index is 1.05. The highest BCUT2D eigenvalue weighted by molar-refractivity contribution is 6.12. The van der Waals surface area contributed by atoms with Gasteiger partial charge in [0.1, 0.15) is 0 Å². The van der Waals surface area contributed by atoms with Crippen LogP contribution in [0.4, 0.5) is 0 Å². The zero-order valence-corrected chi connectivity index (χ0v) is 33.0. The van der Waals surface area contributed by atoms with Gasteiger partial charge in [0.25, 0.3) is 0 Å². The molecule has 2 nitrogen and oxygen atoms in total. The van der Waals surface area contributed by atoms with Crippen molar-refractivity contribution in [2.75, 3.05) is 0 Å². The van der Waals surface area contributed by atoms with Crippen LogP contribution in [0.1, 0.15) is 25.0 Å². The quantitative estimate of drug-likeness (QED) is 0.169. The van der Waals surface area contributed by atoms with Gasteiger partial charge < -0.3 is 0 Å². The molecular formula is C57H40N2. The number of hydrogen-bond donors (Lipinski definition) is 0. The van der Waals surface area contributed by atoms with Crippen LogP contribution in [-0.2, 0) is 5.41 Å². The van der Waals surface area contributed by atoms with E-state index in [4.69, 9.17) is 9.97 Å². The number of fused-ring (bicyclic) bond motifs is 5. The number of nitrogens with zero attached hydrogens (tertiary/aromatic N) is 2. The van der Waals surface area contributed by atoms with Crippen molar-refractivity contribution in [3.05, 3.63) is 217 Å². The summed E-state index contributed by atoms with van der Waals surface area (Å²) < 4.78 is 0. The monoisotopic (exact) mass is 752 g/mol. The van der Waals surface area contributed by atoms with Crippen molar-refractivity contribution in [2.24, 2.45) is 0 Å². The van der Waals surface area contributed by atoms with Crippen LogP contribution < -0.4 is 0 Å². The summed E-state index contributed by atoms with van der Waals surface area (Å²) in [6.07, 6.45) is 0. The zero-order chi connectivity index (χ0) is 39.5. The Bertz CT molecular complexity index is 3220. The summed E-state index contributed by atoms with van der Waals surface area (Å²) in [5, 5.41) is 4.84. The molecule has 278 valence electrons. The molecular weight excluding hydrogens is 713 g/mol. The topological polar surface area (TPSA) is 25.8 Å². The third-order valence-corrected chi connectivity index (χ3v) is 12.3. The second kappa shape index (κ2) is 13.9. The van der Waals surface area contributed by atoms with Gasteiger partial charge >= 0.3 is 0 Å². The summed E-state index contributed by atoms with van der Waals surface area (Å²) in [7, 11) is 0. The number of benzene rings is 9. The van der Waals surface area contributed by atoms with E-state index in [2.05, 4.69) is 202 Å². The van der Waals surface area contributed by atoms with E-state index in [9.17, 15) is 0 Å². The zero-order valence-electron chi connectivity index (χ0n) is 33.0. The highest BCUT2D eigenvalue weighted by Gasteiger charge is 2.37. The summed E-state index contributed by atoms with van der Waals surface area (Å²) >= 11 is 0. The Morgan fingerprint density at radius 1 is 0.305 bits per heavy atom. The Kier molecular flexibility index (Phi) is 8.20. The Labute approximate surface area is 345 Å². The molecule has 0 unspecified atom stereocenters. The lowest BCUT2D eigenvalue weighted by atomic mass is 9.78. The molecule has 1 aromatic heterocycles. The molecule has 59 heavy (non-hydrogen) atoms. The Morgan fingerprint density at radius 3 is 1.36 bits per heavy atom. The third-order valence-electron chi connectivity index (χ3n) is 12.3. The second-order valence-corrected chi connectivity index (χ2v) is 16.1. The minimum Gasteiger partial charge on any atom is -0.228 e. The average molecular weight is 753 g/mol. The summed E-state index contributed by atoms with van der Waals surface area (Å²) in [4.78, 5) is 10.4. The molecule has 0 radical (unpaired) electrons. The summed E-state index contributed by atoms with van der Waals surface area (Å²) in [5.74, 6) is 0.707. The molecule has 1 aliphatic rings. The maximum absolute atomic E-state index is 5.26. The molecule has 0 saturated carbocycles. The number of aromatic nitrogens is 2. The van der Waals surface area contributed by atoms with Gasteiger partial charge in [-0.25, -0.2) is 9.97 Å². The van der Waals surface area contributed by atoms with E-state index in [0.29, 0.717) is 5.82 Å². The van der Waals surface area contributed by atoms with E-state index in [-0.39, 0.29) is 5.41 Å². The van der Waals surface area contributed by atoms with Gasteiger partial charge in [0.05, 0.1) is 11.4 Å². The SMILES string of the molecule is CC1(C)c2ccccc2-c2cccc(-c3ccc(-c4ccc(-c5cc(-c6ccc(-c7ccccc7)cc6)nc(-c6ccccc6)n5)c5ccccc45)c4ccccc34)c21. The van der Waals surface area contributed by atoms with E-state index >= 15 is 0 Å². The van der Waals surface area contributed by atoms with E-state index in [1.165, 1.54) is 71.8 Å². The molecule has 10 aromatic rings. The fourth-order valence-corrected chi connectivity index (χ4v) is 9.51. The van der Waals surface area contributed by atoms with Crippen LogP contribution in [-0.4, -0.2) is 9.97 Å². The standard InChI is InChI=1S/C57H40N2/c1-57(2)52-27-14-13-24-48(52)51-26-15-25-50(55(51)57)47-33-32-45(41-20-9-10-21-42(41)47)46-34-35-49(44-23-12-11-22-43(44)46)54-36-53(58-56(59-54)40-18-7-4-8-19-40)39-30-28-38(29-31-39)37-16-5-3-6-17-37/h3-36H,1-2H3. The minimum absolute atomic E-state index is 0.110. The van der Waals surface area contributed by atoms with E-state index < -0.39 is 0 Å². The van der Waals surface area contributed by atoms with Gasteiger partial charge in [-0.1, -0.05) is 214 Å². The summed E-state index contributed by atoms with van der Waals surface area (Å²) in [6.45, 7) is 4.74. The molecule has 0 aliphatic heterocycles. The molecule has 0 N–H and O–H groups in total. The third kappa shape index (κ3) is 5.79. The molecule has 0 amide bonds. The molecule has 9 aromatic carbocycles. The lowest BCUT2D eigenvalue weighted by Gasteiger charge is -2.25. The van der Waals surface area contributed by atoms with E-state index in [1.807, 2.05) is 18.2 Å². The predicted octanol–water partition coefficient (Wildman–Crippen LogP) is 15.1. The normalized spacial score (nSPS) is 12.7. The summed E-state index contributed by atoms with van der Waals surface area (Å²) in [5.41, 5.74) is 17.6. The van der Waals surface area contributed by atoms with E-state index in [1.54, 1.807) is 0 Å². The van der Waals surface area contributed by atoms with Crippen molar-refractivity contribution < 1.29 is 0 Å². The lowest BCUT2D eigenvalue weighted by Crippen LogP contribution is -2.16. The van der Waals surface area contributed by atoms with Crippen molar-refractivity contribution in [1.82, 2.24) is 9.97 Å². The molecule has 1 aliphatic carbocycles. The average Bonchev–Trinajstić information content (AvgIpc) is 3.55. The van der Waals surface area contributed by atoms with Gasteiger partial charge in [-0.2, -0.15) is 0 Å². The van der Waals surface area contributed by atoms with Crippen LogP contribution in [0, 0.1) is 0 Å². The molecule has 2 heteroatoms. The smallest absolute Gasteiger partial charge is 0.160 e. The van der Waals surface area contributed by atoms with Gasteiger partial charge in [0.15, 0.2) is 5.82 Å². The van der Waals surface area contributed by atoms with E-state index in [0.717, 1.165) is 33.5 Å². The first-order valence-corrected chi connectivity index (χ1v) is 20.4. The number of rotatable bonds is 6. The minimum atomic E-state index is -0.110. The largest absolute Gasteiger partial charge is 0.228 e. The van der Waals surface area contributed by atoms with Gasteiger partial charge in [0, 0.05) is 22.1 Å². The molecule has 0 fully saturated rings. The lowest BCUT2D eigenvalue weighted by molar-refractivity contribution is 0.662. The summed E-state index contributed by atoms with van der Waals surface area (Å²) in [6, 6.07) is 74.3. The van der Waals surface area contributed by atoms with Gasteiger partial charge in [0.2, 0.25) is 0 Å². The fourth-order valence-electron chi connectivity index (χ4n) is 9.51. The van der Waals surface area contributed by atoms with Gasteiger partial charge in [-0.15, -0.1) is 0 Å². The molecule has 0 atom stereocenters. The maximum Gasteiger partial charge on any atom is 0.160 e. The van der Waals surface area contributed by atoms with Crippen LogP contribution in [0.15, 0.2) is 206 Å². The number of hydrogen-bond acceptors (Lipinski definition) is 2. The second-order valence-electron chi connectivity index (χ2n) is 16.1. The molecule has 0 bridgehead atoms. The van der Waals surface area contributed by atoms with Crippen molar-refractivity contribution in [2.45, 2.75) is 19.3 Å². The molecule has 1 heterocycles. The highest BCUT2D eigenvalue weighted by atomic mass is 14.9. The Morgan fingerprint density at radius 2 is 0.729 bits per heavy atom. The van der Waals surface area contributed by atoms with Crippen LogP contribution in [0.25, 0.3) is 100.0 Å². The van der Waals surface area contributed by atoms with Crippen molar-refractivity contribution >= 4 is 21.5 Å². The van der Waals surface area contributed by atoms with Crippen LogP contribution >= 0.6 is 0 Å². The fraction of sp³-hybridized carbons (Fsp3) is 0.0526. The first-order chi connectivity index (χ1) is 29.0. The van der Waals surface area contributed by atoms with Crippen molar-refractivity contribution in [1.29, 1.82) is 0 Å². The molecule has 0 saturated heterocycles. The van der Waals surface area contributed by atoms with Crippen molar-refractivity contribution in [3.63, 3.8) is 0 Å². The van der Waals surface area contributed by atoms with Crippen molar-refractivity contribution in [3.8, 4) is 78.4 Å². The molecule has 11 rings (SSSR count). The first-order valence-electron chi connectivity index (χ1n) is 20.4. The molecule has 0 spiro atoms. The predicted molar refractivity (Wildman–Crippen MR) is 247 cm³/mol. The van der Waals surface area contributed by atoms with Crippen LogP contribution in [0.3, 0.4) is 0 Å². The highest BCUT2D eigenvalue weighted by Crippen LogP contribution is 2.53. The Hall–Kier alpha value is -7.42. The van der Waals surface area contributed by atoms with Gasteiger partial charge in [-0.05, 0) is 83.2 Å². The first kappa shape index (κ1) is 34.8. The van der Waals surface area contributed by atoms with Gasteiger partial charge in [-0.3, -0.25) is 0 Å². The maximum atomic E-state index is 5.26. The van der Waals surface area contributed by atoms with Crippen LogP contribution in [0.5, 0.6) is 0 Å². The van der Waals surface area contributed by atoms with Crippen LogP contribution in [0.2, 0.25) is 0 Å².